The topological polar surface area (TPSA) is 66.4 Å². The molecule has 0 aromatic heterocycles. The molecule has 2 N–H and O–H groups in total. The molecule has 108 valence electrons. The molecule has 0 spiro atoms. The maximum absolute atomic E-state index is 13.4. The summed E-state index contributed by atoms with van der Waals surface area (Å²) in [7, 11) is 0. The van der Waals surface area contributed by atoms with E-state index in [1.54, 1.807) is 24.3 Å². The van der Waals surface area contributed by atoms with Crippen LogP contribution in [0.15, 0.2) is 48.5 Å². The van der Waals surface area contributed by atoms with Gasteiger partial charge in [0.2, 0.25) is 0 Å². The molecule has 21 heavy (non-hydrogen) atoms. The lowest BCUT2D eigenvalue weighted by atomic mass is 10.0. The lowest BCUT2D eigenvalue weighted by Crippen LogP contribution is -2.26. The Balaban J connectivity index is 1.98. The van der Waals surface area contributed by atoms with Crippen LogP contribution in [-0.4, -0.2) is 23.5 Å². The first kappa shape index (κ1) is 14.7. The van der Waals surface area contributed by atoms with Gasteiger partial charge in [0.15, 0.2) is 0 Å². The van der Waals surface area contributed by atoms with E-state index >= 15 is 0 Å². The van der Waals surface area contributed by atoms with Crippen molar-refractivity contribution >= 4 is 11.9 Å². The highest BCUT2D eigenvalue weighted by Gasteiger charge is 2.12. The van der Waals surface area contributed by atoms with E-state index in [9.17, 15) is 14.0 Å². The number of carboxylic acids is 1. The maximum Gasteiger partial charge on any atom is 0.335 e. The van der Waals surface area contributed by atoms with E-state index in [0.717, 1.165) is 0 Å². The SMILES string of the molecule is O=C(NCCc1ccccc1C(=O)O)c1ccccc1F. The van der Waals surface area contributed by atoms with Crippen molar-refractivity contribution in [2.45, 2.75) is 6.42 Å². The van der Waals surface area contributed by atoms with Gasteiger partial charge in [-0.15, -0.1) is 0 Å². The maximum atomic E-state index is 13.4. The van der Waals surface area contributed by atoms with Crippen LogP contribution in [0, 0.1) is 5.82 Å². The van der Waals surface area contributed by atoms with Crippen molar-refractivity contribution < 1.29 is 19.1 Å². The first-order chi connectivity index (χ1) is 10.1. The number of carbonyl (C=O) groups excluding carboxylic acids is 1. The third kappa shape index (κ3) is 3.66. The van der Waals surface area contributed by atoms with Gasteiger partial charge in [0.1, 0.15) is 5.82 Å². The zero-order valence-electron chi connectivity index (χ0n) is 11.2. The standard InChI is InChI=1S/C16H14FNO3/c17-14-8-4-3-7-13(14)15(19)18-10-9-11-5-1-2-6-12(11)16(20)21/h1-8H,9-10H2,(H,18,19)(H,20,21). The summed E-state index contributed by atoms with van der Waals surface area (Å²) in [5.74, 6) is -2.10. The predicted octanol–water partition coefficient (Wildman–Crippen LogP) is 2.50. The van der Waals surface area contributed by atoms with Crippen LogP contribution in [0.4, 0.5) is 4.39 Å². The minimum absolute atomic E-state index is 0.0241. The van der Waals surface area contributed by atoms with Crippen molar-refractivity contribution in [1.82, 2.24) is 5.32 Å². The van der Waals surface area contributed by atoms with Gasteiger partial charge in [-0.3, -0.25) is 4.79 Å². The fourth-order valence-corrected chi connectivity index (χ4v) is 2.00. The summed E-state index contributed by atoms with van der Waals surface area (Å²) < 4.78 is 13.4. The summed E-state index contributed by atoms with van der Waals surface area (Å²) in [5.41, 5.74) is 0.806. The first-order valence-corrected chi connectivity index (χ1v) is 6.43. The Labute approximate surface area is 121 Å². The number of hydrogen-bond donors (Lipinski definition) is 2. The molecule has 1 amide bonds. The average molecular weight is 287 g/mol. The number of halogens is 1. The number of amides is 1. The molecule has 5 heteroatoms. The Kier molecular flexibility index (Phi) is 4.66. The fourth-order valence-electron chi connectivity index (χ4n) is 2.00. The third-order valence-electron chi connectivity index (χ3n) is 3.05. The lowest BCUT2D eigenvalue weighted by Gasteiger charge is -2.08. The third-order valence-corrected chi connectivity index (χ3v) is 3.05. The van der Waals surface area contributed by atoms with Crippen LogP contribution in [0.5, 0.6) is 0 Å². The van der Waals surface area contributed by atoms with Gasteiger partial charge >= 0.3 is 5.97 Å². The quantitative estimate of drug-likeness (QED) is 0.888. The molecule has 2 rings (SSSR count). The monoisotopic (exact) mass is 287 g/mol. The molecule has 0 fully saturated rings. The van der Waals surface area contributed by atoms with Crippen LogP contribution in [-0.2, 0) is 6.42 Å². The molecule has 0 aliphatic rings. The van der Waals surface area contributed by atoms with Crippen LogP contribution in [0.1, 0.15) is 26.3 Å². The fraction of sp³-hybridized carbons (Fsp3) is 0.125. The molecule has 0 atom stereocenters. The van der Waals surface area contributed by atoms with Gasteiger partial charge in [-0.05, 0) is 30.2 Å². The van der Waals surface area contributed by atoms with E-state index in [-0.39, 0.29) is 17.7 Å². The minimum atomic E-state index is -1.01. The molecule has 0 saturated heterocycles. The summed E-state index contributed by atoms with van der Waals surface area (Å²) in [6, 6.07) is 12.3. The van der Waals surface area contributed by atoms with E-state index in [1.807, 2.05) is 0 Å². The number of carboxylic acid groups (broad SMARTS) is 1. The number of benzene rings is 2. The molecule has 0 saturated carbocycles. The van der Waals surface area contributed by atoms with E-state index in [2.05, 4.69) is 5.32 Å². The van der Waals surface area contributed by atoms with Crippen molar-refractivity contribution in [3.05, 3.63) is 71.0 Å². The molecule has 0 heterocycles. The normalized spacial score (nSPS) is 10.1. The van der Waals surface area contributed by atoms with Crippen molar-refractivity contribution in [2.24, 2.45) is 0 Å². The Bertz CT molecular complexity index is 670. The number of aromatic carboxylic acids is 1. The Morgan fingerprint density at radius 2 is 1.62 bits per heavy atom. The predicted molar refractivity (Wildman–Crippen MR) is 75.8 cm³/mol. The van der Waals surface area contributed by atoms with Gasteiger partial charge in [0.25, 0.3) is 5.91 Å². The van der Waals surface area contributed by atoms with Crippen LogP contribution in [0.3, 0.4) is 0 Å². The molecule has 0 bridgehead atoms. The molecule has 2 aromatic carbocycles. The molecule has 0 aliphatic carbocycles. The molecule has 0 unspecified atom stereocenters. The summed E-state index contributed by atoms with van der Waals surface area (Å²) in [4.78, 5) is 22.9. The van der Waals surface area contributed by atoms with Gasteiger partial charge in [-0.25, -0.2) is 9.18 Å². The largest absolute Gasteiger partial charge is 0.478 e. The molecule has 0 radical (unpaired) electrons. The smallest absolute Gasteiger partial charge is 0.335 e. The number of rotatable bonds is 5. The molecule has 0 aliphatic heterocycles. The van der Waals surface area contributed by atoms with Gasteiger partial charge in [0.05, 0.1) is 11.1 Å². The van der Waals surface area contributed by atoms with Crippen molar-refractivity contribution in [1.29, 1.82) is 0 Å². The van der Waals surface area contributed by atoms with Gasteiger partial charge < -0.3 is 10.4 Å². The van der Waals surface area contributed by atoms with Crippen LogP contribution >= 0.6 is 0 Å². The van der Waals surface area contributed by atoms with Crippen LogP contribution in [0.2, 0.25) is 0 Å². The zero-order valence-corrected chi connectivity index (χ0v) is 11.2. The second-order valence-electron chi connectivity index (χ2n) is 4.45. The molecule has 2 aromatic rings. The van der Waals surface area contributed by atoms with E-state index < -0.39 is 17.7 Å². The summed E-state index contributed by atoms with van der Waals surface area (Å²) in [5, 5.41) is 11.6. The van der Waals surface area contributed by atoms with Crippen molar-refractivity contribution in [3.8, 4) is 0 Å². The minimum Gasteiger partial charge on any atom is -0.478 e. The first-order valence-electron chi connectivity index (χ1n) is 6.43. The second-order valence-corrected chi connectivity index (χ2v) is 4.45. The van der Waals surface area contributed by atoms with E-state index in [1.165, 1.54) is 24.3 Å². The van der Waals surface area contributed by atoms with E-state index in [4.69, 9.17) is 5.11 Å². The summed E-state index contributed by atoms with van der Waals surface area (Å²) >= 11 is 0. The average Bonchev–Trinajstić information content (AvgIpc) is 2.48. The van der Waals surface area contributed by atoms with Crippen molar-refractivity contribution in [2.75, 3.05) is 6.54 Å². The molecular formula is C16H14FNO3. The highest BCUT2D eigenvalue weighted by molar-refractivity contribution is 5.94. The highest BCUT2D eigenvalue weighted by atomic mass is 19.1. The van der Waals surface area contributed by atoms with Gasteiger partial charge in [0, 0.05) is 6.54 Å². The van der Waals surface area contributed by atoms with E-state index in [0.29, 0.717) is 12.0 Å². The van der Waals surface area contributed by atoms with Gasteiger partial charge in [-0.1, -0.05) is 30.3 Å². The number of carbonyl (C=O) groups is 2. The summed E-state index contributed by atoms with van der Waals surface area (Å²) in [6.45, 7) is 0.234. The second kappa shape index (κ2) is 6.65. The van der Waals surface area contributed by atoms with Crippen LogP contribution in [0.25, 0.3) is 0 Å². The summed E-state index contributed by atoms with van der Waals surface area (Å²) in [6.07, 6.45) is 0.364. The number of nitrogens with one attached hydrogen (secondary N) is 1. The molecule has 4 nitrogen and oxygen atoms in total. The molecular weight excluding hydrogens is 273 g/mol. The van der Waals surface area contributed by atoms with Crippen molar-refractivity contribution in [3.63, 3.8) is 0 Å². The lowest BCUT2D eigenvalue weighted by molar-refractivity contribution is 0.0695. The van der Waals surface area contributed by atoms with Crippen LogP contribution < -0.4 is 5.32 Å². The van der Waals surface area contributed by atoms with Gasteiger partial charge in [-0.2, -0.15) is 0 Å². The Morgan fingerprint density at radius 1 is 1.00 bits per heavy atom. The highest BCUT2D eigenvalue weighted by Crippen LogP contribution is 2.10. The Morgan fingerprint density at radius 3 is 2.29 bits per heavy atom. The zero-order chi connectivity index (χ0) is 15.2. The number of hydrogen-bond acceptors (Lipinski definition) is 2. The Hall–Kier alpha value is -2.69.